The second-order valence-electron chi connectivity index (χ2n) is 10.7. The van der Waals surface area contributed by atoms with E-state index in [2.05, 4.69) is 0 Å². The Kier molecular flexibility index (Phi) is 6.26. The highest BCUT2D eigenvalue weighted by atomic mass is 16.7. The van der Waals surface area contributed by atoms with Crippen LogP contribution in [0.3, 0.4) is 0 Å². The minimum absolute atomic E-state index is 0.00453. The molecule has 6 rings (SSSR count). The molecule has 2 heterocycles. The van der Waals surface area contributed by atoms with Gasteiger partial charge < -0.3 is 45.1 Å². The second-order valence-corrected chi connectivity index (χ2v) is 10.7. The van der Waals surface area contributed by atoms with Crippen LogP contribution in [0.4, 0.5) is 0 Å². The molecule has 2 aliphatic carbocycles. The van der Waals surface area contributed by atoms with Gasteiger partial charge in [0.25, 0.3) is 0 Å². The zero-order valence-electron chi connectivity index (χ0n) is 21.7. The first kappa shape index (κ1) is 26.8. The Morgan fingerprint density at radius 3 is 2.42 bits per heavy atom. The van der Waals surface area contributed by atoms with Crippen molar-refractivity contribution in [3.8, 4) is 17.2 Å². The van der Waals surface area contributed by atoms with Crippen molar-refractivity contribution in [1.29, 1.82) is 0 Å². The van der Waals surface area contributed by atoms with Gasteiger partial charge in [-0.1, -0.05) is 12.1 Å². The summed E-state index contributed by atoms with van der Waals surface area (Å²) in [6, 6.07) is 3.77. The molecule has 2 aliphatic heterocycles. The molecule has 212 valence electrons. The number of rotatable bonds is 3. The SMILES string of the molecule is COc1cccc2c1C(=O)c1c(O)c3c(c(O)c1C2=O)CC1(CC3OC2CC(N)C(O)C(C)O2)OCC(O)C1=O. The average molecular weight is 556 g/mol. The predicted octanol–water partition coefficient (Wildman–Crippen LogP) is 0.408. The molecule has 0 aromatic heterocycles. The van der Waals surface area contributed by atoms with Crippen LogP contribution >= 0.6 is 0 Å². The van der Waals surface area contributed by atoms with Gasteiger partial charge in [0.1, 0.15) is 29.0 Å². The van der Waals surface area contributed by atoms with Gasteiger partial charge in [-0.2, -0.15) is 0 Å². The Morgan fingerprint density at radius 2 is 1.77 bits per heavy atom. The fourth-order valence-corrected chi connectivity index (χ4v) is 6.36. The number of hydrogen-bond acceptors (Lipinski definition) is 12. The van der Waals surface area contributed by atoms with E-state index < -0.39 is 82.3 Å². The first-order valence-corrected chi connectivity index (χ1v) is 13.0. The van der Waals surface area contributed by atoms with Crippen LogP contribution < -0.4 is 10.5 Å². The van der Waals surface area contributed by atoms with E-state index in [1.54, 1.807) is 6.92 Å². The van der Waals surface area contributed by atoms with Crippen molar-refractivity contribution >= 4 is 17.3 Å². The van der Waals surface area contributed by atoms with Crippen molar-refractivity contribution in [2.45, 2.75) is 68.5 Å². The summed E-state index contributed by atoms with van der Waals surface area (Å²) in [5, 5.41) is 43.5. The van der Waals surface area contributed by atoms with Gasteiger partial charge in [0.05, 0.1) is 48.7 Å². The Morgan fingerprint density at radius 1 is 1.05 bits per heavy atom. The maximum absolute atomic E-state index is 13.7. The topological polar surface area (TPSA) is 195 Å². The summed E-state index contributed by atoms with van der Waals surface area (Å²) >= 11 is 0. The van der Waals surface area contributed by atoms with E-state index in [9.17, 15) is 34.8 Å². The van der Waals surface area contributed by atoms with Crippen LogP contribution in [-0.2, 0) is 25.4 Å². The van der Waals surface area contributed by atoms with Crippen LogP contribution in [-0.4, -0.2) is 87.7 Å². The van der Waals surface area contributed by atoms with E-state index in [0.717, 1.165) is 0 Å². The number of phenolic OH excluding ortho intramolecular Hbond substituents is 2. The van der Waals surface area contributed by atoms with Crippen molar-refractivity contribution < 1.29 is 53.8 Å². The molecule has 0 amide bonds. The van der Waals surface area contributed by atoms with Crippen molar-refractivity contribution in [3.05, 3.63) is 51.6 Å². The number of carbonyl (C=O) groups excluding carboxylic acids is 3. The third-order valence-corrected chi connectivity index (χ3v) is 8.40. The zero-order valence-corrected chi connectivity index (χ0v) is 21.7. The molecular weight excluding hydrogens is 526 g/mol. The van der Waals surface area contributed by atoms with Crippen molar-refractivity contribution in [3.63, 3.8) is 0 Å². The standard InChI is InChI=1S/C28H29NO11/c1-10-22(31)13(29)6-17(39-10)40-16-8-28(27(36)14(30)9-38-28)7-12-19(16)26(35)21-20(24(12)33)23(32)11-4-3-5-15(37-2)18(11)25(21)34/h3-5,10,13-14,16-17,22,30-31,33,35H,6-9,29H2,1-2H3. The molecule has 6 N–H and O–H groups in total. The van der Waals surface area contributed by atoms with Gasteiger partial charge in [-0.25, -0.2) is 0 Å². The highest BCUT2D eigenvalue weighted by Gasteiger charge is 2.56. The fourth-order valence-electron chi connectivity index (χ4n) is 6.36. The first-order chi connectivity index (χ1) is 19.0. The Bertz CT molecular complexity index is 1440. The van der Waals surface area contributed by atoms with E-state index in [1.807, 2.05) is 0 Å². The highest BCUT2D eigenvalue weighted by Crippen LogP contribution is 2.54. The van der Waals surface area contributed by atoms with Crippen LogP contribution in [0.2, 0.25) is 0 Å². The number of Topliss-reactive ketones (excluding diaryl/α,β-unsaturated/α-hetero) is 1. The highest BCUT2D eigenvalue weighted by molar-refractivity contribution is 6.31. The van der Waals surface area contributed by atoms with Gasteiger partial charge in [-0.15, -0.1) is 0 Å². The van der Waals surface area contributed by atoms with E-state index >= 15 is 0 Å². The van der Waals surface area contributed by atoms with Crippen LogP contribution in [0, 0.1) is 0 Å². The van der Waals surface area contributed by atoms with Gasteiger partial charge in [-0.3, -0.25) is 14.4 Å². The first-order valence-electron chi connectivity index (χ1n) is 13.0. The molecule has 2 fully saturated rings. The smallest absolute Gasteiger partial charge is 0.202 e. The molecule has 7 atom stereocenters. The zero-order chi connectivity index (χ0) is 28.7. The molecule has 7 unspecified atom stereocenters. The molecule has 40 heavy (non-hydrogen) atoms. The number of aliphatic hydroxyl groups is 2. The lowest BCUT2D eigenvalue weighted by atomic mass is 9.71. The largest absolute Gasteiger partial charge is 0.507 e. The van der Waals surface area contributed by atoms with Crippen LogP contribution in [0.1, 0.15) is 68.8 Å². The second kappa shape index (κ2) is 9.33. The monoisotopic (exact) mass is 555 g/mol. The number of ether oxygens (including phenoxy) is 4. The Hall–Kier alpha value is -3.39. The number of phenols is 2. The van der Waals surface area contributed by atoms with E-state index in [-0.39, 0.29) is 53.9 Å². The van der Waals surface area contributed by atoms with E-state index in [1.165, 1.54) is 25.3 Å². The van der Waals surface area contributed by atoms with Gasteiger partial charge in [0, 0.05) is 42.0 Å². The molecule has 1 spiro atoms. The van der Waals surface area contributed by atoms with Crippen molar-refractivity contribution in [2.24, 2.45) is 5.73 Å². The molecule has 2 aromatic carbocycles. The number of benzene rings is 2. The number of nitrogens with two attached hydrogens (primary N) is 1. The molecular formula is C28H29NO11. The summed E-state index contributed by atoms with van der Waals surface area (Å²) in [5.41, 5.74) is 3.54. The summed E-state index contributed by atoms with van der Waals surface area (Å²) in [4.78, 5) is 40.5. The van der Waals surface area contributed by atoms with E-state index in [0.29, 0.717) is 0 Å². The molecule has 0 radical (unpaired) electrons. The van der Waals surface area contributed by atoms with Crippen LogP contribution in [0.25, 0.3) is 0 Å². The van der Waals surface area contributed by atoms with Crippen molar-refractivity contribution in [2.75, 3.05) is 13.7 Å². The fraction of sp³-hybridized carbons (Fsp3) is 0.464. The molecule has 0 saturated carbocycles. The summed E-state index contributed by atoms with van der Waals surface area (Å²) < 4.78 is 23.0. The molecule has 2 aromatic rings. The summed E-state index contributed by atoms with van der Waals surface area (Å²) in [6.07, 6.45) is -5.61. The third kappa shape index (κ3) is 3.71. The number of ketones is 3. The maximum atomic E-state index is 13.7. The molecule has 12 heteroatoms. The normalized spacial score (nSPS) is 33.1. The number of methoxy groups -OCH3 is 1. The number of hydrogen-bond donors (Lipinski definition) is 5. The number of carbonyl (C=O) groups is 3. The summed E-state index contributed by atoms with van der Waals surface area (Å²) in [6.45, 7) is 1.34. The van der Waals surface area contributed by atoms with Gasteiger partial charge in [-0.05, 0) is 13.0 Å². The summed E-state index contributed by atoms with van der Waals surface area (Å²) in [7, 11) is 1.34. The molecule has 0 bridgehead atoms. The van der Waals surface area contributed by atoms with Gasteiger partial charge in [0.15, 0.2) is 17.9 Å². The molecule has 2 saturated heterocycles. The quantitative estimate of drug-likeness (QED) is 0.280. The van der Waals surface area contributed by atoms with Crippen LogP contribution in [0.15, 0.2) is 18.2 Å². The Balaban J connectivity index is 1.52. The molecule has 12 nitrogen and oxygen atoms in total. The maximum Gasteiger partial charge on any atom is 0.202 e. The number of aliphatic hydroxyl groups excluding tert-OH is 2. The van der Waals surface area contributed by atoms with Gasteiger partial charge in [0.2, 0.25) is 5.78 Å². The lowest BCUT2D eigenvalue weighted by Gasteiger charge is -2.42. The lowest BCUT2D eigenvalue weighted by molar-refractivity contribution is -0.247. The molecule has 4 aliphatic rings. The summed E-state index contributed by atoms with van der Waals surface area (Å²) in [5.74, 6) is -3.12. The predicted molar refractivity (Wildman–Crippen MR) is 134 cm³/mol. The minimum atomic E-state index is -1.62. The van der Waals surface area contributed by atoms with Crippen LogP contribution in [0.5, 0.6) is 17.2 Å². The third-order valence-electron chi connectivity index (χ3n) is 8.40. The van der Waals surface area contributed by atoms with E-state index in [4.69, 9.17) is 24.7 Å². The van der Waals surface area contributed by atoms with Crippen molar-refractivity contribution in [1.82, 2.24) is 0 Å². The number of aromatic hydroxyl groups is 2. The lowest BCUT2D eigenvalue weighted by Crippen LogP contribution is -2.52. The Labute approximate surface area is 228 Å². The number of fused-ring (bicyclic) bond motifs is 3. The average Bonchev–Trinajstić information content (AvgIpc) is 3.19. The minimum Gasteiger partial charge on any atom is -0.507 e. The van der Waals surface area contributed by atoms with Gasteiger partial charge >= 0.3 is 0 Å².